The molecule has 8 heteroatoms. The number of amides is 1. The van der Waals surface area contributed by atoms with E-state index in [0.717, 1.165) is 10.1 Å². The summed E-state index contributed by atoms with van der Waals surface area (Å²) in [7, 11) is 0. The van der Waals surface area contributed by atoms with Gasteiger partial charge in [0.25, 0.3) is 0 Å². The highest BCUT2D eigenvalue weighted by atomic mass is 32.1. The van der Waals surface area contributed by atoms with Crippen LogP contribution < -0.4 is 5.32 Å². The number of nitrogens with one attached hydrogen (secondary N) is 1. The maximum absolute atomic E-state index is 12.7. The Morgan fingerprint density at radius 3 is 2.44 bits per heavy atom. The van der Waals surface area contributed by atoms with Crippen LogP contribution in [0.3, 0.4) is 0 Å². The largest absolute Gasteiger partial charge is 0.471 e. The number of fused-ring (bicyclic) bond motifs is 1. The van der Waals surface area contributed by atoms with E-state index < -0.39 is 12.1 Å². The third-order valence-corrected chi connectivity index (χ3v) is 4.90. The summed E-state index contributed by atoms with van der Waals surface area (Å²) in [6, 6.07) is 18.0. The van der Waals surface area contributed by atoms with Gasteiger partial charge in [0.1, 0.15) is 5.69 Å². The van der Waals surface area contributed by atoms with Crippen molar-refractivity contribution in [1.82, 2.24) is 4.98 Å². The smallest absolute Gasteiger partial charge is 0.419 e. The van der Waals surface area contributed by atoms with Crippen LogP contribution in [0.4, 0.5) is 19.1 Å². The number of hydrogen-bond acceptors (Lipinski definition) is 4. The first kappa shape index (κ1) is 17.3. The monoisotopic (exact) mass is 388 g/mol. The van der Waals surface area contributed by atoms with Crippen LogP contribution in [0, 0.1) is 0 Å². The van der Waals surface area contributed by atoms with Gasteiger partial charge in [-0.3, -0.25) is 10.1 Å². The van der Waals surface area contributed by atoms with Gasteiger partial charge < -0.3 is 4.42 Å². The average Bonchev–Trinajstić information content (AvgIpc) is 3.25. The molecule has 2 aromatic carbocycles. The number of carbonyl (C=O) groups is 1. The number of alkyl halides is 3. The van der Waals surface area contributed by atoms with Crippen molar-refractivity contribution in [2.24, 2.45) is 0 Å². The standard InChI is InChI=1S/C19H11F3N2O2S/c20-19(21,22)18(25)24-17-15(11-6-2-1-3-7-11)23-16(26-17)14-10-12-8-4-5-9-13(12)27-14/h1-10H,(H,24,25). The second-order valence-electron chi connectivity index (χ2n) is 5.66. The zero-order valence-corrected chi connectivity index (χ0v) is 14.4. The second-order valence-corrected chi connectivity index (χ2v) is 6.75. The number of benzene rings is 2. The molecule has 0 saturated heterocycles. The summed E-state index contributed by atoms with van der Waals surface area (Å²) < 4.78 is 44.5. The molecule has 136 valence electrons. The lowest BCUT2D eigenvalue weighted by Crippen LogP contribution is -2.29. The molecule has 0 unspecified atom stereocenters. The van der Waals surface area contributed by atoms with Crippen LogP contribution in [0.5, 0.6) is 0 Å². The lowest BCUT2D eigenvalue weighted by molar-refractivity contribution is -0.167. The lowest BCUT2D eigenvalue weighted by atomic mass is 10.1. The summed E-state index contributed by atoms with van der Waals surface area (Å²) in [6.07, 6.45) is -5.03. The van der Waals surface area contributed by atoms with Crippen molar-refractivity contribution in [2.45, 2.75) is 6.18 Å². The molecular formula is C19H11F3N2O2S. The topological polar surface area (TPSA) is 55.1 Å². The SMILES string of the molecule is O=C(Nc1oc(-c2cc3ccccc3s2)nc1-c1ccccc1)C(F)(F)F. The van der Waals surface area contributed by atoms with Gasteiger partial charge in [0.05, 0.1) is 4.88 Å². The van der Waals surface area contributed by atoms with E-state index in [1.807, 2.05) is 30.3 Å². The summed E-state index contributed by atoms with van der Waals surface area (Å²) in [4.78, 5) is 16.4. The predicted octanol–water partition coefficient (Wildman–Crippen LogP) is 5.72. The summed E-state index contributed by atoms with van der Waals surface area (Å²) in [5.74, 6) is -2.30. The number of aromatic nitrogens is 1. The summed E-state index contributed by atoms with van der Waals surface area (Å²) >= 11 is 1.40. The number of thiophene rings is 1. The van der Waals surface area contributed by atoms with Crippen molar-refractivity contribution in [3.05, 3.63) is 60.7 Å². The van der Waals surface area contributed by atoms with E-state index in [1.54, 1.807) is 35.6 Å². The fourth-order valence-corrected chi connectivity index (χ4v) is 3.55. The molecule has 0 aliphatic carbocycles. The first-order chi connectivity index (χ1) is 12.9. The number of anilines is 1. The molecule has 0 bridgehead atoms. The number of rotatable bonds is 3. The molecule has 0 spiro atoms. The quantitative estimate of drug-likeness (QED) is 0.488. The molecule has 4 aromatic rings. The van der Waals surface area contributed by atoms with Gasteiger partial charge in [0.15, 0.2) is 0 Å². The minimum absolute atomic E-state index is 0.139. The van der Waals surface area contributed by atoms with Crippen LogP contribution in [0.15, 0.2) is 65.1 Å². The van der Waals surface area contributed by atoms with E-state index in [4.69, 9.17) is 4.42 Å². The summed E-state index contributed by atoms with van der Waals surface area (Å²) in [5, 5.41) is 2.75. The summed E-state index contributed by atoms with van der Waals surface area (Å²) in [6.45, 7) is 0. The van der Waals surface area contributed by atoms with E-state index in [-0.39, 0.29) is 17.5 Å². The number of carbonyl (C=O) groups excluding carboxylic acids is 1. The number of oxazole rings is 1. The minimum atomic E-state index is -5.03. The van der Waals surface area contributed by atoms with E-state index in [2.05, 4.69) is 4.98 Å². The molecule has 0 atom stereocenters. The molecule has 4 rings (SSSR count). The predicted molar refractivity (Wildman–Crippen MR) is 97.4 cm³/mol. The Morgan fingerprint density at radius 2 is 1.74 bits per heavy atom. The molecule has 0 saturated carbocycles. The minimum Gasteiger partial charge on any atom is -0.419 e. The first-order valence-corrected chi connectivity index (χ1v) is 8.67. The Labute approximate surface area is 155 Å². The van der Waals surface area contributed by atoms with E-state index >= 15 is 0 Å². The Hall–Kier alpha value is -3.13. The van der Waals surface area contributed by atoms with Gasteiger partial charge in [-0.1, -0.05) is 48.5 Å². The van der Waals surface area contributed by atoms with Crippen molar-refractivity contribution in [3.8, 4) is 22.0 Å². The molecule has 0 aliphatic rings. The van der Waals surface area contributed by atoms with Crippen molar-refractivity contribution in [1.29, 1.82) is 0 Å². The zero-order chi connectivity index (χ0) is 19.0. The molecule has 2 aromatic heterocycles. The van der Waals surface area contributed by atoms with Gasteiger partial charge in [0, 0.05) is 10.3 Å². The second kappa shape index (κ2) is 6.55. The van der Waals surface area contributed by atoms with Crippen molar-refractivity contribution < 1.29 is 22.4 Å². The van der Waals surface area contributed by atoms with Gasteiger partial charge in [-0.2, -0.15) is 13.2 Å². The third kappa shape index (κ3) is 3.43. The highest BCUT2D eigenvalue weighted by Gasteiger charge is 2.40. The van der Waals surface area contributed by atoms with Crippen LogP contribution in [-0.2, 0) is 4.79 Å². The van der Waals surface area contributed by atoms with Crippen LogP contribution in [0.25, 0.3) is 32.1 Å². The fourth-order valence-electron chi connectivity index (χ4n) is 2.56. The van der Waals surface area contributed by atoms with Crippen LogP contribution in [0.2, 0.25) is 0 Å². The maximum Gasteiger partial charge on any atom is 0.471 e. The molecule has 4 nitrogen and oxygen atoms in total. The van der Waals surface area contributed by atoms with Gasteiger partial charge in [-0.15, -0.1) is 11.3 Å². The Kier molecular flexibility index (Phi) is 4.19. The van der Waals surface area contributed by atoms with E-state index in [1.165, 1.54) is 11.3 Å². The summed E-state index contributed by atoms with van der Waals surface area (Å²) in [5.41, 5.74) is 0.673. The van der Waals surface area contributed by atoms with Gasteiger partial charge in [0.2, 0.25) is 11.8 Å². The average molecular weight is 388 g/mol. The Morgan fingerprint density at radius 1 is 1.04 bits per heavy atom. The number of nitrogens with zero attached hydrogens (tertiary/aromatic N) is 1. The highest BCUT2D eigenvalue weighted by Crippen LogP contribution is 2.38. The van der Waals surface area contributed by atoms with Crippen LogP contribution in [0.1, 0.15) is 0 Å². The first-order valence-electron chi connectivity index (χ1n) is 7.85. The third-order valence-electron chi connectivity index (χ3n) is 3.80. The normalized spacial score (nSPS) is 11.7. The van der Waals surface area contributed by atoms with Gasteiger partial charge in [-0.05, 0) is 17.5 Å². The van der Waals surface area contributed by atoms with Crippen molar-refractivity contribution >= 4 is 33.2 Å². The molecule has 0 radical (unpaired) electrons. The lowest BCUT2D eigenvalue weighted by Gasteiger charge is -2.06. The van der Waals surface area contributed by atoms with E-state index in [0.29, 0.717) is 10.4 Å². The maximum atomic E-state index is 12.7. The Bertz CT molecular complexity index is 1080. The number of halogens is 3. The molecule has 0 aliphatic heterocycles. The Balaban J connectivity index is 1.80. The zero-order valence-electron chi connectivity index (χ0n) is 13.6. The fraction of sp³-hybridized carbons (Fsp3) is 0.0526. The van der Waals surface area contributed by atoms with E-state index in [9.17, 15) is 18.0 Å². The van der Waals surface area contributed by atoms with Gasteiger partial charge in [-0.25, -0.2) is 4.98 Å². The molecule has 1 amide bonds. The van der Waals surface area contributed by atoms with Crippen LogP contribution >= 0.6 is 11.3 Å². The van der Waals surface area contributed by atoms with Crippen molar-refractivity contribution in [2.75, 3.05) is 5.32 Å². The van der Waals surface area contributed by atoms with Crippen molar-refractivity contribution in [3.63, 3.8) is 0 Å². The molecular weight excluding hydrogens is 377 g/mol. The van der Waals surface area contributed by atoms with Gasteiger partial charge >= 0.3 is 12.1 Å². The van der Waals surface area contributed by atoms with Crippen LogP contribution in [-0.4, -0.2) is 17.1 Å². The molecule has 27 heavy (non-hydrogen) atoms. The molecule has 2 heterocycles. The highest BCUT2D eigenvalue weighted by molar-refractivity contribution is 7.22. The molecule has 1 N–H and O–H groups in total. The molecule has 0 fully saturated rings. The number of hydrogen-bond donors (Lipinski definition) is 1.